The van der Waals surface area contributed by atoms with E-state index in [1.807, 2.05) is 20.2 Å². The average Bonchev–Trinajstić information content (AvgIpc) is 2.06. The highest BCUT2D eigenvalue weighted by molar-refractivity contribution is 9.10. The van der Waals surface area contributed by atoms with Gasteiger partial charge in [0.05, 0.1) is 5.69 Å². The summed E-state index contributed by atoms with van der Waals surface area (Å²) < 4.78 is 1.03. The summed E-state index contributed by atoms with van der Waals surface area (Å²) >= 11 is 3.44. The SMILES string of the molecule is CN(C)CCc1nc(N)ccc1Br. The van der Waals surface area contributed by atoms with Crippen molar-refractivity contribution in [1.29, 1.82) is 0 Å². The van der Waals surface area contributed by atoms with Gasteiger partial charge < -0.3 is 10.6 Å². The van der Waals surface area contributed by atoms with Gasteiger partial charge in [-0.15, -0.1) is 0 Å². The molecular formula is C9H14BrN3. The van der Waals surface area contributed by atoms with Crippen molar-refractivity contribution in [2.45, 2.75) is 6.42 Å². The van der Waals surface area contributed by atoms with Gasteiger partial charge in [0.2, 0.25) is 0 Å². The van der Waals surface area contributed by atoms with Crippen molar-refractivity contribution < 1.29 is 0 Å². The predicted molar refractivity (Wildman–Crippen MR) is 58.6 cm³/mol. The normalized spacial score (nSPS) is 10.8. The molecule has 0 aromatic carbocycles. The Morgan fingerprint density at radius 3 is 2.77 bits per heavy atom. The van der Waals surface area contributed by atoms with Crippen LogP contribution in [0.3, 0.4) is 0 Å². The largest absolute Gasteiger partial charge is 0.384 e. The first-order valence-corrected chi connectivity index (χ1v) is 4.94. The topological polar surface area (TPSA) is 42.2 Å². The maximum atomic E-state index is 5.59. The first-order chi connectivity index (χ1) is 6.09. The number of nitrogens with zero attached hydrogens (tertiary/aromatic N) is 2. The molecule has 0 spiro atoms. The van der Waals surface area contributed by atoms with Crippen molar-refractivity contribution in [3.63, 3.8) is 0 Å². The van der Waals surface area contributed by atoms with Crippen molar-refractivity contribution in [2.24, 2.45) is 0 Å². The summed E-state index contributed by atoms with van der Waals surface area (Å²) in [7, 11) is 4.08. The van der Waals surface area contributed by atoms with Gasteiger partial charge in [0, 0.05) is 17.4 Å². The molecule has 1 aromatic heterocycles. The third-order valence-corrected chi connectivity index (χ3v) is 2.46. The summed E-state index contributed by atoms with van der Waals surface area (Å²) in [4.78, 5) is 6.37. The predicted octanol–water partition coefficient (Wildman–Crippen LogP) is 1.53. The van der Waals surface area contributed by atoms with E-state index in [4.69, 9.17) is 5.73 Å². The minimum absolute atomic E-state index is 0.581. The second-order valence-corrected chi connectivity index (χ2v) is 4.07. The molecule has 1 rings (SSSR count). The first kappa shape index (κ1) is 10.5. The fraction of sp³-hybridized carbons (Fsp3) is 0.444. The Kier molecular flexibility index (Phi) is 3.69. The Hall–Kier alpha value is -0.610. The van der Waals surface area contributed by atoms with E-state index in [1.54, 1.807) is 6.07 Å². The van der Waals surface area contributed by atoms with E-state index in [-0.39, 0.29) is 0 Å². The molecule has 1 aromatic rings. The van der Waals surface area contributed by atoms with Crippen LogP contribution in [-0.2, 0) is 6.42 Å². The Labute approximate surface area is 87.1 Å². The van der Waals surface area contributed by atoms with E-state index in [9.17, 15) is 0 Å². The van der Waals surface area contributed by atoms with Gasteiger partial charge in [-0.2, -0.15) is 0 Å². The minimum atomic E-state index is 0.581. The number of aromatic nitrogens is 1. The second kappa shape index (κ2) is 4.58. The molecule has 0 aliphatic rings. The number of hydrogen-bond acceptors (Lipinski definition) is 3. The van der Waals surface area contributed by atoms with Crippen LogP contribution in [-0.4, -0.2) is 30.5 Å². The standard InChI is InChI=1S/C9H14BrN3/c1-13(2)6-5-8-7(10)3-4-9(11)12-8/h3-4H,5-6H2,1-2H3,(H2,11,12). The van der Waals surface area contributed by atoms with Gasteiger partial charge >= 0.3 is 0 Å². The van der Waals surface area contributed by atoms with Crippen molar-refractivity contribution in [1.82, 2.24) is 9.88 Å². The molecule has 0 bridgehead atoms. The summed E-state index contributed by atoms with van der Waals surface area (Å²) in [6.45, 7) is 0.981. The van der Waals surface area contributed by atoms with Crippen LogP contribution in [0, 0.1) is 0 Å². The van der Waals surface area contributed by atoms with E-state index in [2.05, 4.69) is 25.8 Å². The fourth-order valence-electron chi connectivity index (χ4n) is 1.01. The molecule has 0 amide bonds. The van der Waals surface area contributed by atoms with Crippen molar-refractivity contribution in [2.75, 3.05) is 26.4 Å². The summed E-state index contributed by atoms with van der Waals surface area (Å²) in [5, 5.41) is 0. The first-order valence-electron chi connectivity index (χ1n) is 4.15. The molecule has 0 unspecified atom stereocenters. The van der Waals surface area contributed by atoms with E-state index in [0.717, 1.165) is 23.1 Å². The zero-order valence-corrected chi connectivity index (χ0v) is 9.50. The Bertz CT molecular complexity index is 286. The van der Waals surface area contributed by atoms with Crippen LogP contribution in [0.25, 0.3) is 0 Å². The van der Waals surface area contributed by atoms with Crippen LogP contribution in [0.2, 0.25) is 0 Å². The minimum Gasteiger partial charge on any atom is -0.384 e. The molecule has 4 heteroatoms. The lowest BCUT2D eigenvalue weighted by atomic mass is 10.2. The van der Waals surface area contributed by atoms with Gasteiger partial charge in [0.1, 0.15) is 5.82 Å². The van der Waals surface area contributed by atoms with E-state index in [0.29, 0.717) is 5.82 Å². The van der Waals surface area contributed by atoms with Gasteiger partial charge in [0.25, 0.3) is 0 Å². The van der Waals surface area contributed by atoms with Crippen LogP contribution in [0.15, 0.2) is 16.6 Å². The maximum absolute atomic E-state index is 5.59. The highest BCUT2D eigenvalue weighted by Gasteiger charge is 2.02. The third-order valence-electron chi connectivity index (χ3n) is 1.74. The van der Waals surface area contributed by atoms with Crippen molar-refractivity contribution in [3.05, 3.63) is 22.3 Å². The van der Waals surface area contributed by atoms with Crippen LogP contribution in [0.5, 0.6) is 0 Å². The molecule has 2 N–H and O–H groups in total. The summed E-state index contributed by atoms with van der Waals surface area (Å²) in [6.07, 6.45) is 0.915. The monoisotopic (exact) mass is 243 g/mol. The molecule has 0 atom stereocenters. The smallest absolute Gasteiger partial charge is 0.123 e. The Morgan fingerprint density at radius 1 is 1.46 bits per heavy atom. The number of likely N-dealkylation sites (N-methyl/N-ethyl adjacent to an activating group) is 1. The third kappa shape index (κ3) is 3.32. The molecule has 0 saturated heterocycles. The molecule has 0 aliphatic carbocycles. The summed E-state index contributed by atoms with van der Waals surface area (Å²) in [5.41, 5.74) is 6.61. The lowest BCUT2D eigenvalue weighted by Gasteiger charge is -2.09. The molecule has 0 fully saturated rings. The number of rotatable bonds is 3. The fourth-order valence-corrected chi connectivity index (χ4v) is 1.43. The van der Waals surface area contributed by atoms with E-state index in [1.165, 1.54) is 0 Å². The number of halogens is 1. The van der Waals surface area contributed by atoms with Crippen LogP contribution >= 0.6 is 15.9 Å². The number of nitrogen functional groups attached to an aromatic ring is 1. The van der Waals surface area contributed by atoms with Crippen molar-refractivity contribution >= 4 is 21.7 Å². The van der Waals surface area contributed by atoms with Crippen LogP contribution in [0.4, 0.5) is 5.82 Å². The highest BCUT2D eigenvalue weighted by atomic mass is 79.9. The summed E-state index contributed by atoms with van der Waals surface area (Å²) in [5.74, 6) is 0.581. The Morgan fingerprint density at radius 2 is 2.15 bits per heavy atom. The van der Waals surface area contributed by atoms with Gasteiger partial charge in [-0.25, -0.2) is 4.98 Å². The van der Waals surface area contributed by atoms with E-state index < -0.39 is 0 Å². The zero-order chi connectivity index (χ0) is 9.84. The second-order valence-electron chi connectivity index (χ2n) is 3.22. The number of nitrogens with two attached hydrogens (primary N) is 1. The van der Waals surface area contributed by atoms with E-state index >= 15 is 0 Å². The quantitative estimate of drug-likeness (QED) is 0.876. The lowest BCUT2D eigenvalue weighted by molar-refractivity contribution is 0.411. The molecule has 0 saturated carbocycles. The summed E-state index contributed by atoms with van der Waals surface area (Å²) in [6, 6.07) is 3.73. The lowest BCUT2D eigenvalue weighted by Crippen LogP contribution is -2.16. The number of hydrogen-bond donors (Lipinski definition) is 1. The van der Waals surface area contributed by atoms with Gasteiger partial charge in [-0.1, -0.05) is 0 Å². The Balaban J connectivity index is 2.70. The number of anilines is 1. The average molecular weight is 244 g/mol. The molecule has 1 heterocycles. The van der Waals surface area contributed by atoms with Crippen molar-refractivity contribution in [3.8, 4) is 0 Å². The van der Waals surface area contributed by atoms with Crippen LogP contribution < -0.4 is 5.73 Å². The number of pyridine rings is 1. The highest BCUT2D eigenvalue weighted by Crippen LogP contribution is 2.16. The molecule has 0 aliphatic heterocycles. The molecule has 13 heavy (non-hydrogen) atoms. The molecular weight excluding hydrogens is 230 g/mol. The molecule has 0 radical (unpaired) electrons. The van der Waals surface area contributed by atoms with Gasteiger partial charge in [-0.3, -0.25) is 0 Å². The molecule has 72 valence electrons. The maximum Gasteiger partial charge on any atom is 0.123 e. The van der Waals surface area contributed by atoms with Gasteiger partial charge in [-0.05, 0) is 42.2 Å². The van der Waals surface area contributed by atoms with Crippen LogP contribution in [0.1, 0.15) is 5.69 Å². The zero-order valence-electron chi connectivity index (χ0n) is 7.92. The molecule has 3 nitrogen and oxygen atoms in total. The van der Waals surface area contributed by atoms with Gasteiger partial charge in [0.15, 0.2) is 0 Å².